The first-order valence-electron chi connectivity index (χ1n) is 10.00. The molecular formula is C24H46NO2+. The van der Waals surface area contributed by atoms with E-state index in [4.69, 9.17) is 10.2 Å². The molecule has 0 aliphatic heterocycles. The van der Waals surface area contributed by atoms with Crippen LogP contribution in [-0.4, -0.2) is 36.9 Å². The van der Waals surface area contributed by atoms with Gasteiger partial charge in [-0.15, -0.1) is 0 Å². The lowest BCUT2D eigenvalue weighted by Crippen LogP contribution is -2.82. The van der Waals surface area contributed by atoms with Gasteiger partial charge >= 0.3 is 0 Å². The van der Waals surface area contributed by atoms with Crippen LogP contribution in [0.3, 0.4) is 0 Å². The van der Waals surface area contributed by atoms with Gasteiger partial charge in [-0.05, 0) is 120 Å². The predicted molar refractivity (Wildman–Crippen MR) is 119 cm³/mol. The average molecular weight is 381 g/mol. The van der Waals surface area contributed by atoms with Gasteiger partial charge in [-0.1, -0.05) is 0 Å². The first-order valence-corrected chi connectivity index (χ1v) is 10.00. The molecule has 0 atom stereocenters. The van der Waals surface area contributed by atoms with Gasteiger partial charge in [0.25, 0.3) is 0 Å². The molecule has 0 amide bonds. The minimum Gasteiger partial charge on any atom is -0.504 e. The first kappa shape index (κ1) is 25.8. The second kappa shape index (κ2) is 7.66. The summed E-state index contributed by atoms with van der Waals surface area (Å²) in [6.45, 7) is 32.4. The predicted octanol–water partition coefficient (Wildman–Crippen LogP) is 6.71. The summed E-state index contributed by atoms with van der Waals surface area (Å²) >= 11 is 0. The van der Waals surface area contributed by atoms with E-state index in [1.165, 1.54) is 0 Å². The zero-order valence-corrected chi connectivity index (χ0v) is 20.5. The van der Waals surface area contributed by atoms with Crippen LogP contribution in [0.1, 0.15) is 94.2 Å². The fourth-order valence-corrected chi connectivity index (χ4v) is 6.82. The monoisotopic (exact) mass is 380 g/mol. The van der Waals surface area contributed by atoms with E-state index in [2.05, 4.69) is 83.1 Å². The van der Waals surface area contributed by atoms with Crippen molar-refractivity contribution in [2.75, 3.05) is 0 Å². The van der Waals surface area contributed by atoms with Gasteiger partial charge in [0.1, 0.15) is 0 Å². The van der Waals surface area contributed by atoms with Crippen molar-refractivity contribution in [2.45, 2.75) is 119 Å². The number of phenolic OH excluding ortho intramolecular Hbond substituents is 2. The molecule has 0 saturated heterocycles. The molecule has 0 aliphatic carbocycles. The molecule has 0 radical (unpaired) electrons. The van der Waals surface area contributed by atoms with Crippen LogP contribution in [0.5, 0.6) is 11.5 Å². The topological polar surface area (TPSA) is 40.5 Å². The third kappa shape index (κ3) is 4.99. The largest absolute Gasteiger partial charge is 0.504 e. The molecule has 0 spiro atoms. The highest BCUT2D eigenvalue weighted by atomic mass is 16.3. The van der Waals surface area contributed by atoms with E-state index in [1.54, 1.807) is 12.1 Å². The van der Waals surface area contributed by atoms with Crippen LogP contribution >= 0.6 is 0 Å². The van der Waals surface area contributed by atoms with Crippen molar-refractivity contribution in [2.24, 2.45) is 0 Å². The first-order chi connectivity index (χ1) is 11.6. The van der Waals surface area contributed by atoms with Gasteiger partial charge in [0, 0.05) is 0 Å². The van der Waals surface area contributed by atoms with Crippen LogP contribution < -0.4 is 0 Å². The standard InChI is InChI=1S/C16H36N.C8H10O2/c1-13(2,3)17(14(4,5)6,15(7,8)9)16(10,11)12;1-5-3-7(9)8(10)4-6(5)2/h1-12H3;3-4,9-10H,1-2H3/q+1;. The average Bonchev–Trinajstić information content (AvgIpc) is 2.29. The smallest absolute Gasteiger partial charge is 0.157 e. The Morgan fingerprint density at radius 2 is 0.704 bits per heavy atom. The fourth-order valence-electron chi connectivity index (χ4n) is 6.82. The van der Waals surface area contributed by atoms with Gasteiger partial charge in [-0.25, -0.2) is 0 Å². The third-order valence-corrected chi connectivity index (χ3v) is 5.62. The molecule has 1 aromatic carbocycles. The van der Waals surface area contributed by atoms with Crippen molar-refractivity contribution >= 4 is 0 Å². The highest BCUT2D eigenvalue weighted by molar-refractivity contribution is 5.44. The number of aryl methyl sites for hydroxylation is 2. The Morgan fingerprint density at radius 1 is 0.519 bits per heavy atom. The Kier molecular flexibility index (Phi) is 7.31. The van der Waals surface area contributed by atoms with Crippen LogP contribution in [0.15, 0.2) is 12.1 Å². The molecule has 0 fully saturated rings. The second-order valence-corrected chi connectivity index (χ2v) is 11.8. The SMILES string of the molecule is CC(C)(C)[N+](C(C)(C)C)(C(C)(C)C)C(C)(C)C.Cc1cc(O)c(O)cc1C. The van der Waals surface area contributed by atoms with Gasteiger partial charge in [0.15, 0.2) is 11.5 Å². The Morgan fingerprint density at radius 3 is 0.815 bits per heavy atom. The molecule has 1 aromatic rings. The number of phenols is 2. The summed E-state index contributed by atoms with van der Waals surface area (Å²) in [5.41, 5.74) is 2.78. The van der Waals surface area contributed by atoms with Crippen molar-refractivity contribution < 1.29 is 14.7 Å². The number of hydrogen-bond acceptors (Lipinski definition) is 2. The molecule has 3 heteroatoms. The highest BCUT2D eigenvalue weighted by Gasteiger charge is 2.62. The molecule has 2 N–H and O–H groups in total. The lowest BCUT2D eigenvalue weighted by molar-refractivity contribution is -1.08. The van der Waals surface area contributed by atoms with E-state index in [-0.39, 0.29) is 33.7 Å². The lowest BCUT2D eigenvalue weighted by atomic mass is 9.75. The molecule has 0 aliphatic rings. The van der Waals surface area contributed by atoms with Crippen LogP contribution in [0.2, 0.25) is 0 Å². The molecule has 1 rings (SSSR count). The minimum atomic E-state index is -0.0527. The maximum atomic E-state index is 8.97. The molecule has 158 valence electrons. The lowest BCUT2D eigenvalue weighted by Gasteiger charge is -2.70. The Labute approximate surface area is 169 Å². The summed E-state index contributed by atoms with van der Waals surface area (Å²) in [6.07, 6.45) is 0. The zero-order valence-electron chi connectivity index (χ0n) is 20.5. The van der Waals surface area contributed by atoms with E-state index < -0.39 is 0 Å². The number of nitrogens with zero attached hydrogens (tertiary/aromatic N) is 1. The van der Waals surface area contributed by atoms with Gasteiger partial charge in [0.2, 0.25) is 0 Å². The summed E-state index contributed by atoms with van der Waals surface area (Å²) < 4.78 is 1.08. The quantitative estimate of drug-likeness (QED) is 0.388. The van der Waals surface area contributed by atoms with E-state index in [0.29, 0.717) is 0 Å². The summed E-state index contributed by atoms with van der Waals surface area (Å²) in [5, 5.41) is 17.9. The molecule has 3 nitrogen and oxygen atoms in total. The number of aromatic hydroxyl groups is 2. The number of rotatable bonds is 0. The zero-order chi connectivity index (χ0) is 22.2. The van der Waals surface area contributed by atoms with Gasteiger partial charge < -0.3 is 14.7 Å². The molecule has 0 bridgehead atoms. The van der Waals surface area contributed by atoms with Gasteiger partial charge in [0.05, 0.1) is 22.2 Å². The summed E-state index contributed by atoms with van der Waals surface area (Å²) in [7, 11) is 0. The van der Waals surface area contributed by atoms with Crippen LogP contribution in [-0.2, 0) is 0 Å². The molecule has 0 heterocycles. The van der Waals surface area contributed by atoms with Crippen LogP contribution in [0.25, 0.3) is 0 Å². The molecule has 0 unspecified atom stereocenters. The third-order valence-electron chi connectivity index (χ3n) is 5.62. The molecular weight excluding hydrogens is 334 g/mol. The maximum Gasteiger partial charge on any atom is 0.157 e. The van der Waals surface area contributed by atoms with Gasteiger partial charge in [-0.3, -0.25) is 0 Å². The van der Waals surface area contributed by atoms with Crippen LogP contribution in [0, 0.1) is 13.8 Å². The molecule has 27 heavy (non-hydrogen) atoms. The normalized spacial score (nSPS) is 13.9. The Hall–Kier alpha value is -1.22. The van der Waals surface area contributed by atoms with E-state index in [0.717, 1.165) is 15.6 Å². The number of quaternary nitrogens is 1. The van der Waals surface area contributed by atoms with Crippen molar-refractivity contribution in [1.29, 1.82) is 0 Å². The van der Waals surface area contributed by atoms with E-state index >= 15 is 0 Å². The summed E-state index contributed by atoms with van der Waals surface area (Å²) in [4.78, 5) is 0. The van der Waals surface area contributed by atoms with Crippen molar-refractivity contribution in [3.05, 3.63) is 23.3 Å². The Balaban J connectivity index is 0.000000569. The van der Waals surface area contributed by atoms with Crippen molar-refractivity contribution in [1.82, 2.24) is 0 Å². The van der Waals surface area contributed by atoms with E-state index in [1.807, 2.05) is 13.8 Å². The number of benzene rings is 1. The van der Waals surface area contributed by atoms with Gasteiger partial charge in [-0.2, -0.15) is 0 Å². The minimum absolute atomic E-state index is 0.0527. The Bertz CT molecular complexity index is 521. The van der Waals surface area contributed by atoms with Crippen molar-refractivity contribution in [3.63, 3.8) is 0 Å². The highest BCUT2D eigenvalue weighted by Crippen LogP contribution is 2.50. The van der Waals surface area contributed by atoms with Crippen molar-refractivity contribution in [3.8, 4) is 11.5 Å². The molecule has 0 saturated carbocycles. The number of hydrogen-bond donors (Lipinski definition) is 2. The molecule has 0 aromatic heterocycles. The van der Waals surface area contributed by atoms with E-state index in [9.17, 15) is 0 Å². The fraction of sp³-hybridized carbons (Fsp3) is 0.750. The maximum absolute atomic E-state index is 8.97. The summed E-state index contributed by atoms with van der Waals surface area (Å²) in [6, 6.07) is 3.09. The summed E-state index contributed by atoms with van der Waals surface area (Å²) in [5.74, 6) is -0.105. The second-order valence-electron chi connectivity index (χ2n) is 11.8. The van der Waals surface area contributed by atoms with Crippen LogP contribution in [0.4, 0.5) is 0 Å².